The first-order chi connectivity index (χ1) is 7.72. The summed E-state index contributed by atoms with van der Waals surface area (Å²) in [5.74, 6) is 6.00. The highest BCUT2D eigenvalue weighted by atomic mass is 19.1. The summed E-state index contributed by atoms with van der Waals surface area (Å²) in [5, 5.41) is 0. The Kier molecular flexibility index (Phi) is 3.56. The van der Waals surface area contributed by atoms with Crippen molar-refractivity contribution in [1.29, 1.82) is 0 Å². The average Bonchev–Trinajstić information content (AvgIpc) is 2.78. The molecule has 0 amide bonds. The first-order valence-electron chi connectivity index (χ1n) is 5.94. The van der Waals surface area contributed by atoms with Crippen LogP contribution in [-0.4, -0.2) is 0 Å². The van der Waals surface area contributed by atoms with Crippen molar-refractivity contribution in [2.45, 2.75) is 38.6 Å². The molecule has 2 rings (SSSR count). The lowest BCUT2D eigenvalue weighted by atomic mass is 9.89. The second-order valence-corrected chi connectivity index (χ2v) is 4.69. The Morgan fingerprint density at radius 3 is 2.69 bits per heavy atom. The molecular formula is C13H19FN2. The van der Waals surface area contributed by atoms with Gasteiger partial charge in [0.2, 0.25) is 0 Å². The predicted octanol–water partition coefficient (Wildman–Crippen LogP) is 2.83. The highest BCUT2D eigenvalue weighted by Gasteiger charge is 2.26. The van der Waals surface area contributed by atoms with E-state index >= 15 is 0 Å². The van der Waals surface area contributed by atoms with E-state index in [0.717, 1.165) is 11.1 Å². The Morgan fingerprint density at radius 1 is 1.38 bits per heavy atom. The molecule has 1 aromatic carbocycles. The third-order valence-corrected chi connectivity index (χ3v) is 3.63. The monoisotopic (exact) mass is 222 g/mol. The molecule has 0 radical (unpaired) electrons. The summed E-state index contributed by atoms with van der Waals surface area (Å²) in [4.78, 5) is 0. The summed E-state index contributed by atoms with van der Waals surface area (Å²) in [6, 6.07) is 5.03. The Bertz CT molecular complexity index is 359. The Balaban J connectivity index is 2.28. The lowest BCUT2D eigenvalue weighted by molar-refractivity contribution is 0.371. The van der Waals surface area contributed by atoms with E-state index in [2.05, 4.69) is 5.43 Å². The standard InChI is InChI=1S/C13H19FN2/c1-9-6-7-11(14)8-12(9)13(16-15)10-4-2-3-5-10/h6-8,10,13,16H,2-5,15H2,1H3. The van der Waals surface area contributed by atoms with Crippen LogP contribution in [-0.2, 0) is 0 Å². The van der Waals surface area contributed by atoms with Gasteiger partial charge in [-0.3, -0.25) is 11.3 Å². The van der Waals surface area contributed by atoms with E-state index in [0.29, 0.717) is 5.92 Å². The third kappa shape index (κ3) is 2.25. The summed E-state index contributed by atoms with van der Waals surface area (Å²) in [6.45, 7) is 2.01. The molecule has 0 heterocycles. The van der Waals surface area contributed by atoms with Crippen LogP contribution >= 0.6 is 0 Å². The number of rotatable bonds is 3. The van der Waals surface area contributed by atoms with Gasteiger partial charge in [0.25, 0.3) is 0 Å². The topological polar surface area (TPSA) is 38.0 Å². The Labute approximate surface area is 96.0 Å². The van der Waals surface area contributed by atoms with Gasteiger partial charge < -0.3 is 0 Å². The zero-order chi connectivity index (χ0) is 11.5. The normalized spacial score (nSPS) is 18.9. The molecule has 16 heavy (non-hydrogen) atoms. The van der Waals surface area contributed by atoms with Gasteiger partial charge in [0.1, 0.15) is 5.82 Å². The van der Waals surface area contributed by atoms with Crippen molar-refractivity contribution in [2.75, 3.05) is 0 Å². The quantitative estimate of drug-likeness (QED) is 0.609. The second kappa shape index (κ2) is 4.93. The first kappa shape index (κ1) is 11.6. The number of hydrogen-bond acceptors (Lipinski definition) is 2. The minimum Gasteiger partial charge on any atom is -0.271 e. The molecule has 0 aliphatic heterocycles. The van der Waals surface area contributed by atoms with E-state index < -0.39 is 0 Å². The van der Waals surface area contributed by atoms with Gasteiger partial charge in [-0.15, -0.1) is 0 Å². The van der Waals surface area contributed by atoms with E-state index in [4.69, 9.17) is 5.84 Å². The van der Waals surface area contributed by atoms with Crippen LogP contribution in [0.4, 0.5) is 4.39 Å². The van der Waals surface area contributed by atoms with Crippen molar-refractivity contribution in [3.8, 4) is 0 Å². The maximum Gasteiger partial charge on any atom is 0.123 e. The molecule has 1 atom stereocenters. The lowest BCUT2D eigenvalue weighted by Gasteiger charge is -2.24. The minimum atomic E-state index is -0.182. The largest absolute Gasteiger partial charge is 0.271 e. The van der Waals surface area contributed by atoms with E-state index in [-0.39, 0.29) is 11.9 Å². The third-order valence-electron chi connectivity index (χ3n) is 3.63. The van der Waals surface area contributed by atoms with E-state index in [1.54, 1.807) is 6.07 Å². The van der Waals surface area contributed by atoms with E-state index in [9.17, 15) is 4.39 Å². The number of hydrogen-bond donors (Lipinski definition) is 2. The second-order valence-electron chi connectivity index (χ2n) is 4.69. The fourth-order valence-corrected chi connectivity index (χ4v) is 2.72. The zero-order valence-electron chi connectivity index (χ0n) is 9.67. The van der Waals surface area contributed by atoms with Crippen molar-refractivity contribution in [3.63, 3.8) is 0 Å². The molecular weight excluding hydrogens is 203 g/mol. The van der Waals surface area contributed by atoms with Gasteiger partial charge in [0, 0.05) is 6.04 Å². The van der Waals surface area contributed by atoms with Crippen LogP contribution in [0.2, 0.25) is 0 Å². The van der Waals surface area contributed by atoms with Crippen molar-refractivity contribution >= 4 is 0 Å². The molecule has 1 saturated carbocycles. The Hall–Kier alpha value is -0.930. The number of nitrogens with one attached hydrogen (secondary N) is 1. The summed E-state index contributed by atoms with van der Waals surface area (Å²) < 4.78 is 13.3. The van der Waals surface area contributed by atoms with Crippen LogP contribution in [0.25, 0.3) is 0 Å². The molecule has 1 aliphatic rings. The van der Waals surface area contributed by atoms with Crippen molar-refractivity contribution in [2.24, 2.45) is 11.8 Å². The maximum absolute atomic E-state index is 13.3. The van der Waals surface area contributed by atoms with Gasteiger partial charge in [-0.1, -0.05) is 18.9 Å². The van der Waals surface area contributed by atoms with E-state index in [1.807, 2.05) is 13.0 Å². The zero-order valence-corrected chi connectivity index (χ0v) is 9.67. The van der Waals surface area contributed by atoms with Crippen LogP contribution in [0.1, 0.15) is 42.9 Å². The first-order valence-corrected chi connectivity index (χ1v) is 5.94. The average molecular weight is 222 g/mol. The van der Waals surface area contributed by atoms with Gasteiger partial charge in [0.15, 0.2) is 0 Å². The summed E-state index contributed by atoms with van der Waals surface area (Å²) in [7, 11) is 0. The number of aryl methyl sites for hydroxylation is 1. The van der Waals surface area contributed by atoms with Gasteiger partial charge in [0.05, 0.1) is 0 Å². The van der Waals surface area contributed by atoms with Gasteiger partial charge in [-0.25, -0.2) is 4.39 Å². The van der Waals surface area contributed by atoms with Gasteiger partial charge >= 0.3 is 0 Å². The summed E-state index contributed by atoms with van der Waals surface area (Å²) in [5.41, 5.74) is 4.98. The van der Waals surface area contributed by atoms with Crippen LogP contribution in [0.5, 0.6) is 0 Å². The molecule has 1 unspecified atom stereocenters. The van der Waals surface area contributed by atoms with Crippen LogP contribution < -0.4 is 11.3 Å². The Morgan fingerprint density at radius 2 is 2.06 bits per heavy atom. The summed E-state index contributed by atoms with van der Waals surface area (Å²) >= 11 is 0. The van der Waals surface area contributed by atoms with Crippen molar-refractivity contribution in [1.82, 2.24) is 5.43 Å². The molecule has 1 fully saturated rings. The molecule has 1 aliphatic carbocycles. The highest BCUT2D eigenvalue weighted by molar-refractivity contribution is 5.30. The molecule has 3 heteroatoms. The van der Waals surface area contributed by atoms with Gasteiger partial charge in [-0.05, 0) is 48.9 Å². The molecule has 3 N–H and O–H groups in total. The van der Waals surface area contributed by atoms with Gasteiger partial charge in [-0.2, -0.15) is 0 Å². The molecule has 0 spiro atoms. The van der Waals surface area contributed by atoms with E-state index in [1.165, 1.54) is 31.7 Å². The fourth-order valence-electron chi connectivity index (χ4n) is 2.72. The number of nitrogens with two attached hydrogens (primary N) is 1. The number of benzene rings is 1. The van der Waals surface area contributed by atoms with Crippen LogP contribution in [0, 0.1) is 18.7 Å². The predicted molar refractivity (Wildman–Crippen MR) is 63.2 cm³/mol. The number of halogens is 1. The molecule has 88 valence electrons. The van der Waals surface area contributed by atoms with Crippen LogP contribution in [0.15, 0.2) is 18.2 Å². The molecule has 1 aromatic rings. The molecule has 0 aromatic heterocycles. The van der Waals surface area contributed by atoms with Crippen LogP contribution in [0.3, 0.4) is 0 Å². The fraction of sp³-hybridized carbons (Fsp3) is 0.538. The molecule has 2 nitrogen and oxygen atoms in total. The minimum absolute atomic E-state index is 0.0956. The lowest BCUT2D eigenvalue weighted by Crippen LogP contribution is -2.33. The molecule has 0 saturated heterocycles. The van der Waals surface area contributed by atoms with Crippen molar-refractivity contribution < 1.29 is 4.39 Å². The molecule has 0 bridgehead atoms. The highest BCUT2D eigenvalue weighted by Crippen LogP contribution is 2.36. The smallest absolute Gasteiger partial charge is 0.123 e. The number of hydrazine groups is 1. The maximum atomic E-state index is 13.3. The van der Waals surface area contributed by atoms with Crippen molar-refractivity contribution in [3.05, 3.63) is 35.1 Å². The summed E-state index contributed by atoms with van der Waals surface area (Å²) in [6.07, 6.45) is 4.89. The SMILES string of the molecule is Cc1ccc(F)cc1C(NN)C1CCCC1.